The maximum absolute atomic E-state index is 12.2. The summed E-state index contributed by atoms with van der Waals surface area (Å²) in [5.74, 6) is 0.461. The number of imidazole rings is 1. The van der Waals surface area contributed by atoms with E-state index in [1.165, 1.54) is 0 Å². The molecule has 4 heterocycles. The standard InChI is InChI=1S/C16H18N6OS/c23-15(9-12-11-22-7-8-24-16(22)19-12)20-14-2-1-13(10-18-14)21-5-3-17-4-6-21/h1-2,7-8,10-11,17H,3-6,9H2,(H,18,20,23). The van der Waals surface area contributed by atoms with Crippen molar-refractivity contribution in [1.29, 1.82) is 0 Å². The van der Waals surface area contributed by atoms with Crippen molar-refractivity contribution in [3.05, 3.63) is 41.8 Å². The molecule has 8 heteroatoms. The first-order valence-corrected chi connectivity index (χ1v) is 8.78. The number of carbonyl (C=O) groups excluding carboxylic acids is 1. The Labute approximate surface area is 143 Å². The molecular formula is C16H18N6OS. The van der Waals surface area contributed by atoms with Crippen molar-refractivity contribution in [2.75, 3.05) is 36.4 Å². The van der Waals surface area contributed by atoms with Crippen LogP contribution in [0.5, 0.6) is 0 Å². The molecule has 0 radical (unpaired) electrons. The highest BCUT2D eigenvalue weighted by molar-refractivity contribution is 7.15. The van der Waals surface area contributed by atoms with Crippen molar-refractivity contribution in [2.45, 2.75) is 6.42 Å². The van der Waals surface area contributed by atoms with Crippen molar-refractivity contribution in [1.82, 2.24) is 19.7 Å². The number of fused-ring (bicyclic) bond motifs is 1. The number of anilines is 2. The summed E-state index contributed by atoms with van der Waals surface area (Å²) in [6, 6.07) is 3.85. The number of thiazole rings is 1. The fraction of sp³-hybridized carbons (Fsp3) is 0.312. The highest BCUT2D eigenvalue weighted by Gasteiger charge is 2.12. The van der Waals surface area contributed by atoms with Gasteiger partial charge in [0.2, 0.25) is 5.91 Å². The quantitative estimate of drug-likeness (QED) is 0.749. The molecule has 1 amide bonds. The molecule has 24 heavy (non-hydrogen) atoms. The first kappa shape index (κ1) is 15.1. The lowest BCUT2D eigenvalue weighted by atomic mass is 10.3. The van der Waals surface area contributed by atoms with Crippen LogP contribution < -0.4 is 15.5 Å². The third kappa shape index (κ3) is 3.24. The van der Waals surface area contributed by atoms with Crippen LogP contribution in [0.1, 0.15) is 5.69 Å². The van der Waals surface area contributed by atoms with E-state index in [0.29, 0.717) is 5.82 Å². The van der Waals surface area contributed by atoms with E-state index in [9.17, 15) is 4.79 Å². The van der Waals surface area contributed by atoms with Crippen LogP contribution in [0, 0.1) is 0 Å². The van der Waals surface area contributed by atoms with Gasteiger partial charge in [0.1, 0.15) is 5.82 Å². The summed E-state index contributed by atoms with van der Waals surface area (Å²) in [5.41, 5.74) is 1.85. The Hall–Kier alpha value is -2.45. The molecule has 0 unspecified atom stereocenters. The molecule has 0 atom stereocenters. The Morgan fingerprint density at radius 3 is 2.96 bits per heavy atom. The molecule has 0 spiro atoms. The van der Waals surface area contributed by atoms with Gasteiger partial charge < -0.3 is 15.5 Å². The zero-order chi connectivity index (χ0) is 16.4. The van der Waals surface area contributed by atoms with Gasteiger partial charge in [0, 0.05) is 44.0 Å². The third-order valence-electron chi connectivity index (χ3n) is 3.98. The second-order valence-corrected chi connectivity index (χ2v) is 6.56. The summed E-state index contributed by atoms with van der Waals surface area (Å²) in [7, 11) is 0. The summed E-state index contributed by atoms with van der Waals surface area (Å²) < 4.78 is 1.92. The summed E-state index contributed by atoms with van der Waals surface area (Å²) in [4.78, 5) is 24.1. The SMILES string of the molecule is O=C(Cc1cn2ccsc2n1)Nc1ccc(N2CCNCC2)cn1. The largest absolute Gasteiger partial charge is 0.368 e. The number of pyridine rings is 1. The van der Waals surface area contributed by atoms with Crippen LogP contribution in [-0.2, 0) is 11.2 Å². The van der Waals surface area contributed by atoms with E-state index < -0.39 is 0 Å². The zero-order valence-corrected chi connectivity index (χ0v) is 13.9. The first-order chi connectivity index (χ1) is 11.8. The van der Waals surface area contributed by atoms with Crippen LogP contribution in [-0.4, -0.2) is 46.5 Å². The second kappa shape index (κ2) is 6.58. The van der Waals surface area contributed by atoms with Gasteiger partial charge in [-0.1, -0.05) is 0 Å². The minimum absolute atomic E-state index is 0.108. The third-order valence-corrected chi connectivity index (χ3v) is 4.75. The van der Waals surface area contributed by atoms with Crippen molar-refractivity contribution in [3.63, 3.8) is 0 Å². The zero-order valence-electron chi connectivity index (χ0n) is 13.1. The molecule has 3 aromatic rings. The Kier molecular flexibility index (Phi) is 4.14. The highest BCUT2D eigenvalue weighted by Crippen LogP contribution is 2.16. The fourth-order valence-corrected chi connectivity index (χ4v) is 3.50. The van der Waals surface area contributed by atoms with Crippen molar-refractivity contribution in [2.24, 2.45) is 0 Å². The van der Waals surface area contributed by atoms with Gasteiger partial charge in [-0.25, -0.2) is 9.97 Å². The number of carbonyl (C=O) groups is 1. The van der Waals surface area contributed by atoms with E-state index >= 15 is 0 Å². The number of rotatable bonds is 4. The molecule has 1 saturated heterocycles. The fourth-order valence-electron chi connectivity index (χ4n) is 2.78. The van der Waals surface area contributed by atoms with Gasteiger partial charge in [0.05, 0.1) is 24.0 Å². The van der Waals surface area contributed by atoms with E-state index in [-0.39, 0.29) is 12.3 Å². The van der Waals surface area contributed by atoms with Gasteiger partial charge in [-0.2, -0.15) is 0 Å². The lowest BCUT2D eigenvalue weighted by Crippen LogP contribution is -2.43. The number of piperazine rings is 1. The maximum Gasteiger partial charge on any atom is 0.231 e. The number of nitrogens with one attached hydrogen (secondary N) is 2. The number of amides is 1. The highest BCUT2D eigenvalue weighted by atomic mass is 32.1. The summed E-state index contributed by atoms with van der Waals surface area (Å²) in [6.07, 6.45) is 5.88. The Morgan fingerprint density at radius 1 is 1.33 bits per heavy atom. The molecule has 1 fully saturated rings. The number of nitrogens with zero attached hydrogens (tertiary/aromatic N) is 4. The van der Waals surface area contributed by atoms with E-state index in [1.54, 1.807) is 11.3 Å². The van der Waals surface area contributed by atoms with E-state index in [0.717, 1.165) is 42.5 Å². The molecule has 0 aromatic carbocycles. The predicted molar refractivity (Wildman–Crippen MR) is 94.7 cm³/mol. The van der Waals surface area contributed by atoms with Crippen LogP contribution in [0.15, 0.2) is 36.1 Å². The smallest absolute Gasteiger partial charge is 0.231 e. The minimum atomic E-state index is -0.108. The molecule has 3 aromatic heterocycles. The number of hydrogen-bond donors (Lipinski definition) is 2. The lowest BCUT2D eigenvalue weighted by molar-refractivity contribution is -0.115. The normalized spacial score (nSPS) is 14.9. The van der Waals surface area contributed by atoms with Gasteiger partial charge in [0.25, 0.3) is 0 Å². The molecule has 2 N–H and O–H groups in total. The van der Waals surface area contributed by atoms with Crippen LogP contribution in [0.4, 0.5) is 11.5 Å². The van der Waals surface area contributed by atoms with Crippen molar-refractivity contribution < 1.29 is 4.79 Å². The van der Waals surface area contributed by atoms with Gasteiger partial charge in [-0.05, 0) is 12.1 Å². The van der Waals surface area contributed by atoms with E-state index in [1.807, 2.05) is 40.5 Å². The Bertz CT molecular complexity index is 805. The molecule has 0 saturated carbocycles. The van der Waals surface area contributed by atoms with Gasteiger partial charge in [-0.15, -0.1) is 11.3 Å². The van der Waals surface area contributed by atoms with Gasteiger partial charge >= 0.3 is 0 Å². The summed E-state index contributed by atoms with van der Waals surface area (Å²) >= 11 is 1.55. The number of hydrogen-bond acceptors (Lipinski definition) is 6. The van der Waals surface area contributed by atoms with Crippen LogP contribution in [0.2, 0.25) is 0 Å². The van der Waals surface area contributed by atoms with Crippen LogP contribution >= 0.6 is 11.3 Å². The molecule has 1 aliphatic rings. The predicted octanol–water partition coefficient (Wildman–Crippen LogP) is 1.38. The van der Waals surface area contributed by atoms with Gasteiger partial charge in [-0.3, -0.25) is 9.20 Å². The first-order valence-electron chi connectivity index (χ1n) is 7.90. The maximum atomic E-state index is 12.2. The monoisotopic (exact) mass is 342 g/mol. The molecule has 1 aliphatic heterocycles. The molecule has 0 bridgehead atoms. The molecule has 0 aliphatic carbocycles. The van der Waals surface area contributed by atoms with Crippen LogP contribution in [0.25, 0.3) is 4.96 Å². The average molecular weight is 342 g/mol. The Morgan fingerprint density at radius 2 is 2.21 bits per heavy atom. The summed E-state index contributed by atoms with van der Waals surface area (Å²) in [5, 5.41) is 8.13. The molecule has 124 valence electrons. The molecule has 4 rings (SSSR count). The van der Waals surface area contributed by atoms with E-state index in [4.69, 9.17) is 0 Å². The minimum Gasteiger partial charge on any atom is -0.368 e. The van der Waals surface area contributed by atoms with Gasteiger partial charge in [0.15, 0.2) is 4.96 Å². The molecular weight excluding hydrogens is 324 g/mol. The number of aromatic nitrogens is 3. The average Bonchev–Trinajstić information content (AvgIpc) is 3.17. The van der Waals surface area contributed by atoms with E-state index in [2.05, 4.69) is 25.5 Å². The van der Waals surface area contributed by atoms with Crippen LogP contribution in [0.3, 0.4) is 0 Å². The van der Waals surface area contributed by atoms with Crippen molar-refractivity contribution >= 4 is 33.7 Å². The topological polar surface area (TPSA) is 74.6 Å². The summed E-state index contributed by atoms with van der Waals surface area (Å²) in [6.45, 7) is 3.93. The van der Waals surface area contributed by atoms with Crippen molar-refractivity contribution in [3.8, 4) is 0 Å². The molecule has 7 nitrogen and oxygen atoms in total. The lowest BCUT2D eigenvalue weighted by Gasteiger charge is -2.29. The second-order valence-electron chi connectivity index (χ2n) is 5.69. The Balaban J connectivity index is 1.37.